The maximum atomic E-state index is 4.73. The Morgan fingerprint density at radius 3 is 1.50 bits per heavy atom. The highest BCUT2D eigenvalue weighted by molar-refractivity contribution is 5.94. The van der Waals surface area contributed by atoms with Gasteiger partial charge in [-0.25, -0.2) is 19.9 Å². The van der Waals surface area contributed by atoms with Gasteiger partial charge in [-0.1, -0.05) is 24.3 Å². The van der Waals surface area contributed by atoms with Crippen LogP contribution >= 0.6 is 0 Å². The molecule has 0 N–H and O–H groups in total. The van der Waals surface area contributed by atoms with Crippen molar-refractivity contribution in [3.63, 3.8) is 0 Å². The van der Waals surface area contributed by atoms with Gasteiger partial charge in [-0.05, 0) is 37.1 Å². The van der Waals surface area contributed by atoms with Gasteiger partial charge in [0.25, 0.3) is 0 Å². The molecule has 0 saturated heterocycles. The topological polar surface area (TPSA) is 51.6 Å². The van der Waals surface area contributed by atoms with Gasteiger partial charge < -0.3 is 0 Å². The largest absolute Gasteiger partial charge is 0.245 e. The summed E-state index contributed by atoms with van der Waals surface area (Å²) in [5.41, 5.74) is 5.28. The van der Waals surface area contributed by atoms with Crippen LogP contribution in [0.2, 0.25) is 0 Å². The fourth-order valence-electron chi connectivity index (χ4n) is 2.94. The molecule has 22 heavy (non-hydrogen) atoms. The molecule has 0 atom stereocenters. The second-order valence-electron chi connectivity index (χ2n) is 5.52. The quantitative estimate of drug-likeness (QED) is 0.464. The zero-order valence-corrected chi connectivity index (χ0v) is 11.8. The number of benzene rings is 2. The minimum atomic E-state index is 0.861. The molecule has 4 heteroatoms. The van der Waals surface area contributed by atoms with Gasteiger partial charge in [0.05, 0.1) is 43.8 Å². The van der Waals surface area contributed by atoms with Gasteiger partial charge in [0.2, 0.25) is 0 Å². The molecule has 4 aromatic rings. The van der Waals surface area contributed by atoms with E-state index in [4.69, 9.17) is 19.9 Å². The average molecular weight is 284 g/mol. The summed E-state index contributed by atoms with van der Waals surface area (Å²) in [6.45, 7) is 0. The van der Waals surface area contributed by atoms with E-state index in [2.05, 4.69) is 12.2 Å². The Balaban J connectivity index is 1.93. The van der Waals surface area contributed by atoms with Crippen LogP contribution in [0, 0.1) is 0 Å². The van der Waals surface area contributed by atoms with Gasteiger partial charge in [-0.3, -0.25) is 0 Å². The number of hydrogen-bond acceptors (Lipinski definition) is 4. The van der Waals surface area contributed by atoms with Crippen molar-refractivity contribution in [3.05, 3.63) is 47.1 Å². The van der Waals surface area contributed by atoms with E-state index in [9.17, 15) is 0 Å². The minimum Gasteiger partial charge on any atom is -0.245 e. The summed E-state index contributed by atoms with van der Waals surface area (Å²) in [6.07, 6.45) is 6.37. The fourth-order valence-corrected chi connectivity index (χ4v) is 2.94. The van der Waals surface area contributed by atoms with E-state index in [0.29, 0.717) is 0 Å². The molecule has 4 nitrogen and oxygen atoms in total. The highest BCUT2D eigenvalue weighted by Gasteiger charge is 2.06. The van der Waals surface area contributed by atoms with Crippen molar-refractivity contribution in [1.82, 2.24) is 19.9 Å². The second-order valence-corrected chi connectivity index (χ2v) is 5.52. The summed E-state index contributed by atoms with van der Waals surface area (Å²) in [6, 6.07) is 11.9. The molecule has 2 aromatic carbocycles. The fraction of sp³-hybridized carbons (Fsp3) is 0.111. The molecule has 0 saturated carbocycles. The Morgan fingerprint density at radius 1 is 0.545 bits per heavy atom. The molecular weight excluding hydrogens is 272 g/mol. The van der Waals surface area contributed by atoms with Crippen molar-refractivity contribution in [2.75, 3.05) is 0 Å². The highest BCUT2D eigenvalue weighted by atomic mass is 14.8. The number of fused-ring (bicyclic) bond motifs is 4. The van der Waals surface area contributed by atoms with Crippen molar-refractivity contribution >= 4 is 45.3 Å². The third-order valence-electron chi connectivity index (χ3n) is 4.02. The van der Waals surface area contributed by atoms with Crippen molar-refractivity contribution in [1.29, 1.82) is 0 Å². The van der Waals surface area contributed by atoms with Crippen molar-refractivity contribution in [2.45, 2.75) is 12.8 Å². The van der Waals surface area contributed by atoms with E-state index >= 15 is 0 Å². The Hall–Kier alpha value is -2.88. The van der Waals surface area contributed by atoms with Gasteiger partial charge in [0.1, 0.15) is 0 Å². The second kappa shape index (κ2) is 4.31. The van der Waals surface area contributed by atoms with Crippen LogP contribution in [-0.2, 0) is 0 Å². The average Bonchev–Trinajstić information content (AvgIpc) is 2.56. The summed E-state index contributed by atoms with van der Waals surface area (Å²) >= 11 is 0. The van der Waals surface area contributed by atoms with E-state index in [1.807, 2.05) is 36.4 Å². The first kappa shape index (κ1) is 11.7. The SMILES string of the molecule is C1=c2nc3cc4nc5ccccc5nc4cc3nc2=CCC1. The Morgan fingerprint density at radius 2 is 1.00 bits per heavy atom. The zero-order valence-electron chi connectivity index (χ0n) is 11.8. The van der Waals surface area contributed by atoms with Gasteiger partial charge in [-0.15, -0.1) is 0 Å². The summed E-state index contributed by atoms with van der Waals surface area (Å²) in [7, 11) is 0. The van der Waals surface area contributed by atoms with Crippen molar-refractivity contribution in [3.8, 4) is 0 Å². The van der Waals surface area contributed by atoms with Gasteiger partial charge >= 0.3 is 0 Å². The van der Waals surface area contributed by atoms with E-state index < -0.39 is 0 Å². The molecule has 5 rings (SSSR count). The maximum absolute atomic E-state index is 4.73. The highest BCUT2D eigenvalue weighted by Crippen LogP contribution is 2.19. The van der Waals surface area contributed by atoms with Crippen LogP contribution < -0.4 is 10.7 Å². The summed E-state index contributed by atoms with van der Waals surface area (Å²) in [4.78, 5) is 18.8. The molecule has 2 heterocycles. The zero-order chi connectivity index (χ0) is 14.5. The lowest BCUT2D eigenvalue weighted by Crippen LogP contribution is -2.33. The lowest BCUT2D eigenvalue weighted by Gasteiger charge is -2.04. The molecule has 1 aliphatic rings. The van der Waals surface area contributed by atoms with Gasteiger partial charge in [0.15, 0.2) is 0 Å². The molecule has 0 radical (unpaired) electrons. The number of nitrogens with zero attached hydrogens (tertiary/aromatic N) is 4. The van der Waals surface area contributed by atoms with Crippen LogP contribution in [0.3, 0.4) is 0 Å². The molecular formula is C18H12N4. The van der Waals surface area contributed by atoms with Gasteiger partial charge in [0, 0.05) is 0 Å². The summed E-state index contributed by atoms with van der Waals surface area (Å²) in [5, 5.41) is 1.96. The van der Waals surface area contributed by atoms with Crippen molar-refractivity contribution < 1.29 is 0 Å². The Labute approximate surface area is 125 Å². The molecule has 2 aromatic heterocycles. The predicted molar refractivity (Wildman–Crippen MR) is 87.6 cm³/mol. The first-order chi connectivity index (χ1) is 10.9. The van der Waals surface area contributed by atoms with Gasteiger partial charge in [-0.2, -0.15) is 0 Å². The number of aromatic nitrogens is 4. The predicted octanol–water partition coefficient (Wildman–Crippen LogP) is 2.08. The molecule has 0 bridgehead atoms. The standard InChI is InChI=1S/C18H12N4/c1-2-6-12-11(5-1)19-15-9-17-18(10-16(15)20-12)22-14-8-4-3-7-13(14)21-17/h1-2,5-10H,3-4H2. The molecule has 104 valence electrons. The summed E-state index contributed by atoms with van der Waals surface area (Å²) < 4.78 is 0. The summed E-state index contributed by atoms with van der Waals surface area (Å²) in [5.74, 6) is 0. The monoisotopic (exact) mass is 284 g/mol. The Bertz CT molecular complexity index is 1080. The first-order valence-corrected chi connectivity index (χ1v) is 7.41. The van der Waals surface area contributed by atoms with Crippen LogP contribution in [0.4, 0.5) is 0 Å². The Kier molecular flexibility index (Phi) is 2.30. The molecule has 0 amide bonds. The van der Waals surface area contributed by atoms with Crippen LogP contribution in [-0.4, -0.2) is 19.9 Å². The van der Waals surface area contributed by atoms with E-state index in [-0.39, 0.29) is 0 Å². The van der Waals surface area contributed by atoms with E-state index in [1.165, 1.54) is 0 Å². The molecule has 1 aliphatic carbocycles. The maximum Gasteiger partial charge on any atom is 0.0917 e. The van der Waals surface area contributed by atoms with Crippen molar-refractivity contribution in [2.24, 2.45) is 0 Å². The van der Waals surface area contributed by atoms with E-state index in [1.54, 1.807) is 0 Å². The lowest BCUT2D eigenvalue weighted by molar-refractivity contribution is 1.05. The van der Waals surface area contributed by atoms with Crippen LogP contribution in [0.5, 0.6) is 0 Å². The molecule has 0 fully saturated rings. The lowest BCUT2D eigenvalue weighted by atomic mass is 10.2. The first-order valence-electron chi connectivity index (χ1n) is 7.41. The minimum absolute atomic E-state index is 0.861. The molecule has 0 aliphatic heterocycles. The van der Waals surface area contributed by atoms with E-state index in [0.717, 1.165) is 56.6 Å². The van der Waals surface area contributed by atoms with Crippen LogP contribution in [0.1, 0.15) is 12.8 Å². The molecule has 0 unspecified atom stereocenters. The normalized spacial score (nSPS) is 13.8. The number of hydrogen-bond donors (Lipinski definition) is 0. The smallest absolute Gasteiger partial charge is 0.0917 e. The van der Waals surface area contributed by atoms with Crippen LogP contribution in [0.25, 0.3) is 45.3 Å². The molecule has 0 spiro atoms. The third kappa shape index (κ3) is 1.70. The van der Waals surface area contributed by atoms with Crippen LogP contribution in [0.15, 0.2) is 36.4 Å². The number of rotatable bonds is 0. The number of para-hydroxylation sites is 2. The third-order valence-corrected chi connectivity index (χ3v) is 4.02.